The third-order valence-corrected chi connectivity index (χ3v) is 6.27. The second-order valence-electron chi connectivity index (χ2n) is 9.22. The van der Waals surface area contributed by atoms with E-state index in [9.17, 15) is 18.0 Å². The molecule has 0 bridgehead atoms. The molecule has 0 unspecified atom stereocenters. The van der Waals surface area contributed by atoms with Gasteiger partial charge in [-0.15, -0.1) is 0 Å². The second kappa shape index (κ2) is 10.6. The highest BCUT2D eigenvalue weighted by atomic mass is 19.4. The summed E-state index contributed by atoms with van der Waals surface area (Å²) in [4.78, 5) is 26.0. The van der Waals surface area contributed by atoms with Gasteiger partial charge in [0.1, 0.15) is 0 Å². The fourth-order valence-electron chi connectivity index (χ4n) is 4.21. The number of amides is 1. The Bertz CT molecular complexity index is 1550. The number of aliphatic imine (C=N–C) groups is 2. The summed E-state index contributed by atoms with van der Waals surface area (Å²) in [5.74, 6) is -0.0174. The number of benzene rings is 2. The van der Waals surface area contributed by atoms with Crippen LogP contribution < -0.4 is 16.0 Å². The molecule has 0 fully saturated rings. The highest BCUT2D eigenvalue weighted by Gasteiger charge is 2.31. The maximum absolute atomic E-state index is 13.6. The first kappa shape index (κ1) is 26.0. The molecule has 3 heterocycles. The summed E-state index contributed by atoms with van der Waals surface area (Å²) in [6.07, 6.45) is 5.20. The minimum Gasteiger partial charge on any atom is -0.326 e. The smallest absolute Gasteiger partial charge is 0.326 e. The molecule has 2 aromatic carbocycles. The van der Waals surface area contributed by atoms with E-state index in [-0.39, 0.29) is 16.9 Å². The van der Waals surface area contributed by atoms with Gasteiger partial charge in [0.25, 0.3) is 5.91 Å². The number of dihydropyridines is 1. The summed E-state index contributed by atoms with van der Waals surface area (Å²) >= 11 is 0. The molecule has 8 nitrogen and oxygen atoms in total. The average Bonchev–Trinajstić information content (AvgIpc) is 3.36. The van der Waals surface area contributed by atoms with Crippen LogP contribution in [0.25, 0.3) is 5.69 Å². The number of imidazole rings is 1. The maximum Gasteiger partial charge on any atom is 0.416 e. The SMILES string of the molecule is Cc1cn(-c2cc(NC(=O)c3ccc(C)c(NC4=NCC=C(C5=CCC=NC5)N4)c3)cc(C(F)(F)F)c2)cn1. The lowest BCUT2D eigenvalue weighted by Gasteiger charge is -2.21. The fraction of sp³-hybridized carbons (Fsp3) is 0.214. The Morgan fingerprint density at radius 2 is 1.95 bits per heavy atom. The van der Waals surface area contributed by atoms with Crippen LogP contribution in [0.4, 0.5) is 24.5 Å². The molecule has 0 radical (unpaired) electrons. The van der Waals surface area contributed by atoms with Gasteiger partial charge >= 0.3 is 6.18 Å². The Morgan fingerprint density at radius 1 is 1.10 bits per heavy atom. The number of aryl methyl sites for hydroxylation is 2. The Hall–Kier alpha value is -4.67. The third-order valence-electron chi connectivity index (χ3n) is 6.27. The van der Waals surface area contributed by atoms with Crippen molar-refractivity contribution in [2.24, 2.45) is 9.98 Å². The average molecular weight is 534 g/mol. The van der Waals surface area contributed by atoms with Crippen LogP contribution in [0.2, 0.25) is 0 Å². The van der Waals surface area contributed by atoms with Crippen LogP contribution in [0.5, 0.6) is 0 Å². The van der Waals surface area contributed by atoms with Gasteiger partial charge in [0, 0.05) is 47.2 Å². The number of alkyl halides is 3. The minimum atomic E-state index is -4.59. The van der Waals surface area contributed by atoms with E-state index < -0.39 is 17.6 Å². The number of anilines is 2. The molecule has 0 atom stereocenters. The van der Waals surface area contributed by atoms with Crippen LogP contribution in [-0.2, 0) is 6.18 Å². The van der Waals surface area contributed by atoms with Crippen molar-refractivity contribution < 1.29 is 18.0 Å². The molecule has 0 spiro atoms. The zero-order chi connectivity index (χ0) is 27.6. The molecule has 5 rings (SSSR count). The number of carbonyl (C=O) groups excluding carboxylic acids is 1. The molecule has 39 heavy (non-hydrogen) atoms. The van der Waals surface area contributed by atoms with Gasteiger partial charge in [-0.1, -0.05) is 12.1 Å². The number of hydrogen-bond acceptors (Lipinski definition) is 6. The van der Waals surface area contributed by atoms with Crippen molar-refractivity contribution >= 4 is 29.5 Å². The minimum absolute atomic E-state index is 0.0165. The van der Waals surface area contributed by atoms with Crippen molar-refractivity contribution in [1.29, 1.82) is 0 Å². The van der Waals surface area contributed by atoms with Crippen molar-refractivity contribution in [3.05, 3.63) is 94.7 Å². The molecule has 3 N–H and O–H groups in total. The van der Waals surface area contributed by atoms with E-state index in [1.807, 2.05) is 19.2 Å². The van der Waals surface area contributed by atoms with E-state index in [2.05, 4.69) is 37.0 Å². The standard InChI is InChI=1S/C28H26F3N7O/c1-17-5-6-19(10-25(17)37-27-33-9-7-24(36-27)20-4-3-8-32-14-20)26(39)35-22-11-21(28(29,30)31)12-23(13-22)38-15-18(2)34-16-38/h4-8,10-13,15-16H,3,9,14H2,1-2H3,(H,35,39)(H2,33,36,37). The molecule has 200 valence electrons. The Kier molecular flexibility index (Phi) is 7.05. The maximum atomic E-state index is 13.6. The van der Waals surface area contributed by atoms with E-state index >= 15 is 0 Å². The Morgan fingerprint density at radius 3 is 2.67 bits per heavy atom. The molecule has 1 amide bonds. The van der Waals surface area contributed by atoms with E-state index in [1.54, 1.807) is 31.3 Å². The van der Waals surface area contributed by atoms with Gasteiger partial charge in [0.05, 0.1) is 30.7 Å². The summed E-state index contributed by atoms with van der Waals surface area (Å²) < 4.78 is 42.3. The van der Waals surface area contributed by atoms with Crippen LogP contribution in [-0.4, -0.2) is 40.7 Å². The molecule has 1 aromatic heterocycles. The molecule has 3 aromatic rings. The number of allylic oxidation sites excluding steroid dienone is 1. The first-order valence-electron chi connectivity index (χ1n) is 12.3. The summed E-state index contributed by atoms with van der Waals surface area (Å²) in [5, 5.41) is 9.12. The summed E-state index contributed by atoms with van der Waals surface area (Å²) in [5.41, 5.74) is 3.83. The Labute approximate surface area is 223 Å². The van der Waals surface area contributed by atoms with Gasteiger partial charge in [0.2, 0.25) is 5.96 Å². The number of halogens is 3. The van der Waals surface area contributed by atoms with Crippen LogP contribution in [0.3, 0.4) is 0 Å². The molecule has 2 aliphatic rings. The predicted molar refractivity (Wildman–Crippen MR) is 146 cm³/mol. The lowest BCUT2D eigenvalue weighted by molar-refractivity contribution is -0.137. The van der Waals surface area contributed by atoms with Crippen LogP contribution >= 0.6 is 0 Å². The number of aromatic nitrogens is 2. The largest absolute Gasteiger partial charge is 0.416 e. The van der Waals surface area contributed by atoms with Gasteiger partial charge in [-0.25, -0.2) is 9.98 Å². The van der Waals surface area contributed by atoms with Crippen molar-refractivity contribution in [1.82, 2.24) is 14.9 Å². The monoisotopic (exact) mass is 533 g/mol. The molecule has 11 heteroatoms. The van der Waals surface area contributed by atoms with Gasteiger partial charge < -0.3 is 20.5 Å². The number of guanidine groups is 1. The zero-order valence-electron chi connectivity index (χ0n) is 21.3. The molecule has 2 aliphatic heterocycles. The fourth-order valence-corrected chi connectivity index (χ4v) is 4.21. The number of carbonyl (C=O) groups is 1. The molecule has 0 saturated heterocycles. The molecular weight excluding hydrogens is 507 g/mol. The highest BCUT2D eigenvalue weighted by molar-refractivity contribution is 6.06. The summed E-state index contributed by atoms with van der Waals surface area (Å²) in [6.45, 7) is 4.70. The van der Waals surface area contributed by atoms with Crippen LogP contribution in [0.15, 0.2) is 82.3 Å². The Balaban J connectivity index is 1.35. The van der Waals surface area contributed by atoms with E-state index in [4.69, 9.17) is 0 Å². The molecule has 0 aliphatic carbocycles. The summed E-state index contributed by atoms with van der Waals surface area (Å²) in [7, 11) is 0. The molecule has 0 saturated carbocycles. The van der Waals surface area contributed by atoms with E-state index in [1.165, 1.54) is 17.0 Å². The van der Waals surface area contributed by atoms with Gasteiger partial charge in [-0.2, -0.15) is 13.2 Å². The molecular formula is C28H26F3N7O. The lowest BCUT2D eigenvalue weighted by atomic mass is 10.1. The first-order chi connectivity index (χ1) is 18.7. The second-order valence-corrected chi connectivity index (χ2v) is 9.22. The van der Waals surface area contributed by atoms with Crippen molar-refractivity contribution in [3.8, 4) is 5.69 Å². The highest BCUT2D eigenvalue weighted by Crippen LogP contribution is 2.33. The first-order valence-corrected chi connectivity index (χ1v) is 12.3. The van der Waals surface area contributed by atoms with Gasteiger partial charge in [0.15, 0.2) is 0 Å². The predicted octanol–water partition coefficient (Wildman–Crippen LogP) is 5.42. The van der Waals surface area contributed by atoms with E-state index in [0.29, 0.717) is 30.4 Å². The number of nitrogens with one attached hydrogen (secondary N) is 3. The third kappa shape index (κ3) is 6.08. The van der Waals surface area contributed by atoms with Crippen molar-refractivity contribution in [3.63, 3.8) is 0 Å². The lowest BCUT2D eigenvalue weighted by Crippen LogP contribution is -2.34. The number of nitrogens with zero attached hydrogens (tertiary/aromatic N) is 4. The summed E-state index contributed by atoms with van der Waals surface area (Å²) in [6, 6.07) is 8.43. The van der Waals surface area contributed by atoms with E-state index in [0.717, 1.165) is 35.4 Å². The van der Waals surface area contributed by atoms with Crippen LogP contribution in [0, 0.1) is 13.8 Å². The van der Waals surface area contributed by atoms with Gasteiger partial charge in [-0.05, 0) is 61.4 Å². The van der Waals surface area contributed by atoms with Crippen LogP contribution in [0.1, 0.15) is 33.6 Å². The van der Waals surface area contributed by atoms with Gasteiger partial charge in [-0.3, -0.25) is 9.79 Å². The number of rotatable bonds is 5. The quantitative estimate of drug-likeness (QED) is 0.408. The number of hydrogen-bond donors (Lipinski definition) is 3. The normalized spacial score (nSPS) is 15.2. The van der Waals surface area contributed by atoms with Crippen molar-refractivity contribution in [2.45, 2.75) is 26.4 Å². The zero-order valence-corrected chi connectivity index (χ0v) is 21.3. The topological polar surface area (TPSA) is 95.7 Å². The van der Waals surface area contributed by atoms with Crippen molar-refractivity contribution in [2.75, 3.05) is 23.7 Å².